The fourth-order valence-corrected chi connectivity index (χ4v) is 6.86. The zero-order valence-electron chi connectivity index (χ0n) is 25.8. The number of phenolic OH excluding ortho intramolecular Hbond substituents is 1. The number of aldehydes is 1. The highest BCUT2D eigenvalue weighted by molar-refractivity contribution is 5.89. The highest BCUT2D eigenvalue weighted by Gasteiger charge is 2.33. The summed E-state index contributed by atoms with van der Waals surface area (Å²) in [6.07, 6.45) is 5.67. The molecule has 0 bridgehead atoms. The molecule has 1 aliphatic carbocycles. The fraction of sp³-hybridized carbons (Fsp3) is 0.235. The van der Waals surface area contributed by atoms with Gasteiger partial charge in [-0.1, -0.05) is 16.6 Å². The first-order valence-electron chi connectivity index (χ1n) is 15.6. The summed E-state index contributed by atoms with van der Waals surface area (Å²) < 4.78 is 30.4. The van der Waals surface area contributed by atoms with Crippen molar-refractivity contribution < 1.29 is 33.6 Å². The van der Waals surface area contributed by atoms with Gasteiger partial charge < -0.3 is 19.9 Å². The summed E-state index contributed by atoms with van der Waals surface area (Å²) in [4.78, 5) is 62.4. The Kier molecular flexibility index (Phi) is 8.12. The number of carbonyl (C=O) groups is 2. The molecule has 0 spiro atoms. The number of nitrogens with zero attached hydrogens (tertiary/aromatic N) is 6. The number of carbonyl (C=O) groups excluding carboxylic acids is 2. The topological polar surface area (TPSA) is 158 Å². The molecule has 7 rings (SSSR count). The molecule has 1 saturated carbocycles. The Morgan fingerprint density at radius 3 is 2.67 bits per heavy atom. The second-order valence-electron chi connectivity index (χ2n) is 12.1. The second-order valence-corrected chi connectivity index (χ2v) is 12.1. The number of hydrogen-bond acceptors (Lipinski definition) is 9. The van der Waals surface area contributed by atoms with Gasteiger partial charge in [-0.2, -0.15) is 10.1 Å². The summed E-state index contributed by atoms with van der Waals surface area (Å²) in [6.45, 7) is -0.0603. The maximum Gasteiger partial charge on any atom is 0.337 e. The number of amidine groups is 1. The number of rotatable bonds is 7. The van der Waals surface area contributed by atoms with Gasteiger partial charge in [0.2, 0.25) is 5.84 Å². The predicted octanol–water partition coefficient (Wildman–Crippen LogP) is 1.81. The fourth-order valence-electron chi connectivity index (χ4n) is 6.86. The van der Waals surface area contributed by atoms with Crippen LogP contribution in [0.2, 0.25) is 0 Å². The average Bonchev–Trinajstić information content (AvgIpc) is 3.49. The van der Waals surface area contributed by atoms with E-state index in [4.69, 9.17) is 0 Å². The van der Waals surface area contributed by atoms with Crippen molar-refractivity contribution in [2.24, 2.45) is 4.99 Å². The molecule has 4 aromatic rings. The largest absolute Gasteiger partial charge is 0.530 e. The van der Waals surface area contributed by atoms with Crippen LogP contribution in [0.5, 0.6) is 5.75 Å². The number of phenols is 1. The minimum Gasteiger partial charge on any atom is -0.530 e. The normalized spacial score (nSPS) is 20.1. The Balaban J connectivity index is 1.21. The molecule has 1 amide bonds. The molecule has 1 fully saturated rings. The van der Waals surface area contributed by atoms with Crippen LogP contribution in [0.15, 0.2) is 93.5 Å². The van der Waals surface area contributed by atoms with E-state index in [9.17, 15) is 38.3 Å². The van der Waals surface area contributed by atoms with Crippen molar-refractivity contribution in [2.75, 3.05) is 13.2 Å². The monoisotopic (exact) mass is 669 g/mol. The van der Waals surface area contributed by atoms with Crippen molar-refractivity contribution in [1.82, 2.24) is 24.1 Å². The summed E-state index contributed by atoms with van der Waals surface area (Å²) in [7, 11) is 0. The Labute approximate surface area is 276 Å². The van der Waals surface area contributed by atoms with E-state index in [2.05, 4.69) is 9.98 Å². The molecule has 250 valence electrons. The van der Waals surface area contributed by atoms with Crippen LogP contribution in [0, 0.1) is 5.82 Å². The van der Waals surface area contributed by atoms with Crippen molar-refractivity contribution in [1.29, 1.82) is 0 Å². The Bertz CT molecular complexity index is 2220. The molecule has 49 heavy (non-hydrogen) atoms. The van der Waals surface area contributed by atoms with Crippen LogP contribution in [0.25, 0.3) is 27.8 Å². The molecule has 3 aliphatic rings. The number of aromatic nitrogens is 3. The quantitative estimate of drug-likeness (QED) is 0.223. The highest BCUT2D eigenvalue weighted by atomic mass is 19.2. The van der Waals surface area contributed by atoms with Crippen LogP contribution in [0.3, 0.4) is 0 Å². The molecule has 13 nitrogen and oxygen atoms in total. The summed E-state index contributed by atoms with van der Waals surface area (Å²) in [6, 6.07) is 10.8. The molecule has 0 radical (unpaired) electrons. The maximum absolute atomic E-state index is 14.5. The van der Waals surface area contributed by atoms with E-state index in [1.807, 2.05) is 0 Å². The first-order chi connectivity index (χ1) is 23.6. The lowest BCUT2D eigenvalue weighted by Gasteiger charge is -2.38. The van der Waals surface area contributed by atoms with E-state index >= 15 is 0 Å². The summed E-state index contributed by atoms with van der Waals surface area (Å²) >= 11 is 0. The van der Waals surface area contributed by atoms with E-state index < -0.39 is 35.2 Å². The zero-order valence-corrected chi connectivity index (χ0v) is 25.8. The first kappa shape index (κ1) is 31.6. The van der Waals surface area contributed by atoms with Gasteiger partial charge in [0.15, 0.2) is 18.6 Å². The Morgan fingerprint density at radius 1 is 1.12 bits per heavy atom. The van der Waals surface area contributed by atoms with E-state index in [0.717, 1.165) is 16.8 Å². The number of nitrogens with one attached hydrogen (secondary N) is 1. The number of amides is 1. The van der Waals surface area contributed by atoms with Crippen LogP contribution in [-0.2, 0) is 0 Å². The van der Waals surface area contributed by atoms with Crippen molar-refractivity contribution in [3.05, 3.63) is 111 Å². The van der Waals surface area contributed by atoms with Crippen LogP contribution in [0.1, 0.15) is 42.1 Å². The van der Waals surface area contributed by atoms with Crippen molar-refractivity contribution in [2.45, 2.75) is 37.8 Å². The SMILES string of the molecule is O=Cc1cc(O)ccc1-c1cccc(-n2c(=O)n(C3CCC(N(CC4=C[NH+]5CN(F)C=CC5=N4)C(=O)[O-])CC3)c(=O)c3cc(F)cnc32)c1. The lowest BCUT2D eigenvalue weighted by molar-refractivity contribution is -0.763. The van der Waals surface area contributed by atoms with Gasteiger partial charge in [0.25, 0.3) is 5.56 Å². The van der Waals surface area contributed by atoms with Crippen molar-refractivity contribution in [3.8, 4) is 22.6 Å². The molecule has 2 aromatic heterocycles. The van der Waals surface area contributed by atoms with Crippen LogP contribution in [-0.4, -0.2) is 66.7 Å². The standard InChI is InChI=1S/C34H29F2N7O6/c35-22-14-29-31(37-15-22)42(26-3-1-2-20(12-26)28-9-8-27(45)13-21(28)18-44)33(47)43(32(29)46)25-6-4-24(5-7-25)41(34(48)49)17-23-16-39-19-40(36)11-10-30(39)38-23/h1-3,8-16,18,24-25,45H,4-7,17,19H2,(H,48,49). The number of aliphatic imine (C=N–C) groups is 1. The minimum atomic E-state index is -1.40. The van der Waals surface area contributed by atoms with Gasteiger partial charge in [-0.3, -0.25) is 14.2 Å². The van der Waals surface area contributed by atoms with Crippen molar-refractivity contribution in [3.63, 3.8) is 0 Å². The number of fused-ring (bicyclic) bond motifs is 2. The first-order valence-corrected chi connectivity index (χ1v) is 15.6. The summed E-state index contributed by atoms with van der Waals surface area (Å²) in [5, 5.41) is 22.5. The zero-order chi connectivity index (χ0) is 34.4. The van der Waals surface area contributed by atoms with Gasteiger partial charge in [0, 0.05) is 29.9 Å². The summed E-state index contributed by atoms with van der Waals surface area (Å²) in [5.41, 5.74) is 0.526. The lowest BCUT2D eigenvalue weighted by Crippen LogP contribution is -3.11. The molecule has 2 N–H and O–H groups in total. The molecule has 15 heteroatoms. The molecule has 0 saturated heterocycles. The van der Waals surface area contributed by atoms with Crippen LogP contribution in [0.4, 0.5) is 13.7 Å². The molecule has 1 unspecified atom stereocenters. The number of pyridine rings is 1. The lowest BCUT2D eigenvalue weighted by atomic mass is 9.90. The number of quaternary nitrogens is 1. The highest BCUT2D eigenvalue weighted by Crippen LogP contribution is 2.32. The van der Waals surface area contributed by atoms with Crippen LogP contribution < -0.4 is 21.3 Å². The molecular weight excluding hydrogens is 640 g/mol. The van der Waals surface area contributed by atoms with E-state index in [1.165, 1.54) is 33.9 Å². The third-order valence-electron chi connectivity index (χ3n) is 9.16. The second kappa shape index (κ2) is 12.6. The number of hydrogen-bond donors (Lipinski definition) is 2. The average molecular weight is 670 g/mol. The van der Waals surface area contributed by atoms with Crippen molar-refractivity contribution >= 4 is 29.2 Å². The van der Waals surface area contributed by atoms with E-state index in [-0.39, 0.29) is 48.4 Å². The number of carboxylic acid groups (broad SMARTS) is 1. The molecular formula is C34H29F2N7O6. The van der Waals surface area contributed by atoms with Gasteiger partial charge in [-0.05, 0) is 73.2 Å². The smallest absolute Gasteiger partial charge is 0.337 e. The summed E-state index contributed by atoms with van der Waals surface area (Å²) in [5.74, 6) is -0.282. The van der Waals surface area contributed by atoms with Gasteiger partial charge in [-0.15, -0.1) is 0 Å². The molecule has 1 atom stereocenters. The molecule has 2 aliphatic heterocycles. The Morgan fingerprint density at radius 2 is 1.92 bits per heavy atom. The third-order valence-corrected chi connectivity index (χ3v) is 9.16. The molecule has 2 aromatic carbocycles. The number of benzene rings is 2. The number of aromatic hydroxyl groups is 1. The third kappa shape index (κ3) is 5.88. The van der Waals surface area contributed by atoms with E-state index in [1.54, 1.807) is 36.5 Å². The minimum absolute atomic E-state index is 0.00755. The maximum atomic E-state index is 14.5. The predicted molar refractivity (Wildman–Crippen MR) is 171 cm³/mol. The van der Waals surface area contributed by atoms with E-state index in [0.29, 0.717) is 57.5 Å². The van der Waals surface area contributed by atoms with Gasteiger partial charge >= 0.3 is 5.69 Å². The van der Waals surface area contributed by atoms with Crippen LogP contribution >= 0.6 is 0 Å². The molecule has 4 heterocycles. The number of halogens is 2. The Hall–Kier alpha value is -5.96. The van der Waals surface area contributed by atoms with Gasteiger partial charge in [-0.25, -0.2) is 23.6 Å². The van der Waals surface area contributed by atoms with Gasteiger partial charge in [0.1, 0.15) is 29.6 Å². The van der Waals surface area contributed by atoms with Gasteiger partial charge in [0.05, 0.1) is 23.8 Å².